The maximum Gasteiger partial charge on any atom is 0.261 e. The predicted octanol–water partition coefficient (Wildman–Crippen LogP) is 4.86. The summed E-state index contributed by atoms with van der Waals surface area (Å²) in [5.74, 6) is 0.197. The van der Waals surface area contributed by atoms with Gasteiger partial charge in [0.25, 0.3) is 10.0 Å². The highest BCUT2D eigenvalue weighted by Gasteiger charge is 2.36. The van der Waals surface area contributed by atoms with Crippen molar-refractivity contribution in [3.05, 3.63) is 59.1 Å². The third-order valence-electron chi connectivity index (χ3n) is 6.19. The van der Waals surface area contributed by atoms with E-state index >= 15 is 0 Å². The van der Waals surface area contributed by atoms with Crippen LogP contribution in [-0.2, 0) is 21.2 Å². The van der Waals surface area contributed by atoms with Crippen molar-refractivity contribution >= 4 is 33.2 Å². The number of amides is 1. The third-order valence-corrected chi connectivity index (χ3v) is 7.94. The van der Waals surface area contributed by atoms with Crippen LogP contribution in [0.15, 0.2) is 53.4 Å². The molecule has 1 N–H and O–H groups in total. The van der Waals surface area contributed by atoms with Crippen molar-refractivity contribution in [3.8, 4) is 0 Å². The van der Waals surface area contributed by atoms with E-state index in [1.165, 1.54) is 19.3 Å². The maximum atomic E-state index is 12.9. The van der Waals surface area contributed by atoms with Gasteiger partial charge in [-0.1, -0.05) is 55.1 Å². The molecule has 1 atom stereocenters. The van der Waals surface area contributed by atoms with Crippen LogP contribution in [0.25, 0.3) is 0 Å². The highest BCUT2D eigenvalue weighted by molar-refractivity contribution is 7.92. The average Bonchev–Trinajstić information content (AvgIpc) is 3.11. The SMILES string of the molecule is O=C1C(Cc2ccc(NS(=O)(=O)c3ccccc3)cc2Cl)CCN1C1CCCCC1. The fraction of sp³-hybridized carbons (Fsp3) is 0.435. The molecule has 0 aromatic heterocycles. The number of likely N-dealkylation sites (tertiary alicyclic amines) is 1. The first-order valence-electron chi connectivity index (χ1n) is 10.6. The fourth-order valence-corrected chi connectivity index (χ4v) is 5.89. The van der Waals surface area contributed by atoms with Gasteiger partial charge in [-0.3, -0.25) is 9.52 Å². The van der Waals surface area contributed by atoms with E-state index in [0.29, 0.717) is 23.2 Å². The van der Waals surface area contributed by atoms with E-state index in [4.69, 9.17) is 11.6 Å². The van der Waals surface area contributed by atoms with Crippen molar-refractivity contribution in [2.24, 2.45) is 5.92 Å². The van der Waals surface area contributed by atoms with Gasteiger partial charge in [0.1, 0.15) is 0 Å². The molecule has 1 saturated heterocycles. The minimum atomic E-state index is -3.66. The number of carbonyl (C=O) groups is 1. The van der Waals surface area contributed by atoms with Gasteiger partial charge in [-0.2, -0.15) is 0 Å². The highest BCUT2D eigenvalue weighted by atomic mass is 35.5. The standard InChI is InChI=1S/C23H27ClN2O3S/c24-22-16-19(25-30(28,29)21-9-5-2-6-10-21)12-11-17(22)15-18-13-14-26(23(18)27)20-7-3-1-4-8-20/h2,5-6,9-12,16,18,20,25H,1,3-4,7-8,13-15H2. The van der Waals surface area contributed by atoms with E-state index < -0.39 is 10.0 Å². The lowest BCUT2D eigenvalue weighted by molar-refractivity contribution is -0.133. The van der Waals surface area contributed by atoms with E-state index in [1.807, 2.05) is 6.07 Å². The molecular formula is C23H27ClN2O3S. The topological polar surface area (TPSA) is 66.5 Å². The lowest BCUT2D eigenvalue weighted by Crippen LogP contribution is -2.39. The minimum absolute atomic E-state index is 0.0451. The third kappa shape index (κ3) is 4.65. The number of hydrogen-bond acceptors (Lipinski definition) is 3. The van der Waals surface area contributed by atoms with E-state index in [-0.39, 0.29) is 16.7 Å². The van der Waals surface area contributed by atoms with Crippen LogP contribution in [0.5, 0.6) is 0 Å². The summed E-state index contributed by atoms with van der Waals surface area (Å²) >= 11 is 6.46. The zero-order valence-corrected chi connectivity index (χ0v) is 18.5. The Balaban J connectivity index is 1.42. The molecule has 30 heavy (non-hydrogen) atoms. The first kappa shape index (κ1) is 21.2. The molecule has 0 radical (unpaired) electrons. The Morgan fingerprint density at radius 2 is 1.73 bits per heavy atom. The summed E-state index contributed by atoms with van der Waals surface area (Å²) in [6.07, 6.45) is 7.39. The van der Waals surface area contributed by atoms with Crippen LogP contribution in [0, 0.1) is 5.92 Å². The lowest BCUT2D eigenvalue weighted by Gasteiger charge is -2.31. The Kier molecular flexibility index (Phi) is 6.34. The summed E-state index contributed by atoms with van der Waals surface area (Å²) in [4.78, 5) is 15.2. The molecule has 2 aromatic carbocycles. The molecule has 1 aliphatic carbocycles. The molecule has 5 nitrogen and oxygen atoms in total. The molecule has 2 aliphatic rings. The Morgan fingerprint density at radius 3 is 2.43 bits per heavy atom. The van der Waals surface area contributed by atoms with E-state index in [1.54, 1.807) is 42.5 Å². The van der Waals surface area contributed by atoms with Gasteiger partial charge >= 0.3 is 0 Å². The van der Waals surface area contributed by atoms with Crippen LogP contribution in [-0.4, -0.2) is 31.8 Å². The molecule has 1 heterocycles. The van der Waals surface area contributed by atoms with Crippen molar-refractivity contribution in [3.63, 3.8) is 0 Å². The van der Waals surface area contributed by atoms with Crippen LogP contribution in [0.2, 0.25) is 5.02 Å². The number of sulfonamides is 1. The Morgan fingerprint density at radius 1 is 1.00 bits per heavy atom. The number of carbonyl (C=O) groups excluding carboxylic acids is 1. The lowest BCUT2D eigenvalue weighted by atomic mass is 9.94. The molecule has 1 unspecified atom stereocenters. The zero-order chi connectivity index (χ0) is 21.1. The van der Waals surface area contributed by atoms with Gasteiger partial charge in [-0.05, 0) is 55.5 Å². The Hall–Kier alpha value is -2.05. The predicted molar refractivity (Wildman–Crippen MR) is 119 cm³/mol. The molecular weight excluding hydrogens is 420 g/mol. The Labute approximate surface area is 183 Å². The number of benzene rings is 2. The van der Waals surface area contributed by atoms with Crippen LogP contribution >= 0.6 is 11.6 Å². The normalized spacial score (nSPS) is 20.5. The van der Waals surface area contributed by atoms with Crippen molar-refractivity contribution in [2.45, 2.75) is 55.9 Å². The molecule has 2 fully saturated rings. The molecule has 0 spiro atoms. The van der Waals surface area contributed by atoms with Gasteiger partial charge in [-0.15, -0.1) is 0 Å². The summed E-state index contributed by atoms with van der Waals surface area (Å²) in [5, 5.41) is 0.479. The van der Waals surface area contributed by atoms with E-state index in [9.17, 15) is 13.2 Å². The maximum absolute atomic E-state index is 12.9. The molecule has 4 rings (SSSR count). The first-order chi connectivity index (χ1) is 14.4. The van der Waals surface area contributed by atoms with Crippen molar-refractivity contribution < 1.29 is 13.2 Å². The highest BCUT2D eigenvalue weighted by Crippen LogP contribution is 2.32. The van der Waals surface area contributed by atoms with Crippen molar-refractivity contribution in [2.75, 3.05) is 11.3 Å². The molecule has 1 saturated carbocycles. The average molecular weight is 447 g/mol. The summed E-state index contributed by atoms with van der Waals surface area (Å²) in [5.41, 5.74) is 1.29. The van der Waals surface area contributed by atoms with Gasteiger partial charge in [0, 0.05) is 23.5 Å². The largest absolute Gasteiger partial charge is 0.339 e. The fourth-order valence-electron chi connectivity index (χ4n) is 4.56. The second kappa shape index (κ2) is 8.98. The molecule has 2 aromatic rings. The molecule has 1 amide bonds. The van der Waals surface area contributed by atoms with Gasteiger partial charge in [-0.25, -0.2) is 8.42 Å². The van der Waals surface area contributed by atoms with Crippen molar-refractivity contribution in [1.82, 2.24) is 4.90 Å². The molecule has 160 valence electrons. The Bertz CT molecular complexity index is 1000. The summed E-state index contributed by atoms with van der Waals surface area (Å²) in [6.45, 7) is 0.834. The van der Waals surface area contributed by atoms with Gasteiger partial charge in [0.2, 0.25) is 5.91 Å². The van der Waals surface area contributed by atoms with Crippen molar-refractivity contribution in [1.29, 1.82) is 0 Å². The van der Waals surface area contributed by atoms with Gasteiger partial charge in [0.15, 0.2) is 0 Å². The van der Waals surface area contributed by atoms with Gasteiger partial charge < -0.3 is 4.90 Å². The van der Waals surface area contributed by atoms with E-state index in [0.717, 1.165) is 31.4 Å². The van der Waals surface area contributed by atoms with Crippen LogP contribution < -0.4 is 4.72 Å². The van der Waals surface area contributed by atoms with Crippen LogP contribution in [0.1, 0.15) is 44.1 Å². The monoisotopic (exact) mass is 446 g/mol. The second-order valence-corrected chi connectivity index (χ2v) is 10.3. The number of hydrogen-bond donors (Lipinski definition) is 1. The molecule has 1 aliphatic heterocycles. The smallest absolute Gasteiger partial charge is 0.261 e. The quantitative estimate of drug-likeness (QED) is 0.688. The number of nitrogens with zero attached hydrogens (tertiary/aromatic N) is 1. The van der Waals surface area contributed by atoms with E-state index in [2.05, 4.69) is 9.62 Å². The molecule has 0 bridgehead atoms. The number of anilines is 1. The van der Waals surface area contributed by atoms with Crippen LogP contribution in [0.3, 0.4) is 0 Å². The van der Waals surface area contributed by atoms with Crippen LogP contribution in [0.4, 0.5) is 5.69 Å². The summed E-state index contributed by atoms with van der Waals surface area (Å²) in [7, 11) is -3.66. The first-order valence-corrected chi connectivity index (χ1v) is 12.5. The zero-order valence-electron chi connectivity index (χ0n) is 16.9. The molecule has 7 heteroatoms. The summed E-state index contributed by atoms with van der Waals surface area (Å²) in [6, 6.07) is 13.8. The second-order valence-electron chi connectivity index (χ2n) is 8.24. The minimum Gasteiger partial charge on any atom is -0.339 e. The number of nitrogens with one attached hydrogen (secondary N) is 1. The van der Waals surface area contributed by atoms with Gasteiger partial charge in [0.05, 0.1) is 10.6 Å². The number of halogens is 1. The number of rotatable bonds is 6. The summed E-state index contributed by atoms with van der Waals surface area (Å²) < 4.78 is 27.6.